The SMILES string of the molecule is Cc1nscc1C(=O)NCC1(O)CCSC1. The number of amides is 1. The molecule has 1 fully saturated rings. The quantitative estimate of drug-likeness (QED) is 0.850. The first kappa shape index (κ1) is 11.9. The van der Waals surface area contributed by atoms with E-state index in [-0.39, 0.29) is 5.91 Å². The Morgan fingerprint density at radius 3 is 3.12 bits per heavy atom. The first-order valence-electron chi connectivity index (χ1n) is 5.10. The van der Waals surface area contributed by atoms with Crippen LogP contribution in [0, 0.1) is 6.92 Å². The van der Waals surface area contributed by atoms with Crippen LogP contribution < -0.4 is 5.32 Å². The lowest BCUT2D eigenvalue weighted by Gasteiger charge is -2.21. The van der Waals surface area contributed by atoms with Crippen molar-refractivity contribution in [2.45, 2.75) is 18.9 Å². The van der Waals surface area contributed by atoms with Crippen LogP contribution in [0.5, 0.6) is 0 Å². The maximum atomic E-state index is 11.8. The fraction of sp³-hybridized carbons (Fsp3) is 0.600. The van der Waals surface area contributed by atoms with Gasteiger partial charge in [0.05, 0.1) is 16.9 Å². The first-order chi connectivity index (χ1) is 7.61. The Morgan fingerprint density at radius 1 is 1.75 bits per heavy atom. The molecule has 1 saturated heterocycles. The number of thioether (sulfide) groups is 1. The van der Waals surface area contributed by atoms with Crippen LogP contribution in [-0.4, -0.2) is 39.0 Å². The number of hydrogen-bond donors (Lipinski definition) is 2. The third-order valence-corrected chi connectivity index (χ3v) is 4.61. The number of aromatic nitrogens is 1. The molecule has 0 saturated carbocycles. The Bertz CT molecular complexity index is 386. The molecule has 16 heavy (non-hydrogen) atoms. The number of nitrogens with one attached hydrogen (secondary N) is 1. The molecule has 0 aliphatic carbocycles. The molecule has 1 aliphatic rings. The number of rotatable bonds is 3. The van der Waals surface area contributed by atoms with Gasteiger partial charge >= 0.3 is 0 Å². The Kier molecular flexibility index (Phi) is 3.51. The molecule has 1 unspecified atom stereocenters. The predicted molar refractivity (Wildman–Crippen MR) is 66.1 cm³/mol. The summed E-state index contributed by atoms with van der Waals surface area (Å²) in [5, 5.41) is 14.6. The van der Waals surface area contributed by atoms with Crippen molar-refractivity contribution in [1.82, 2.24) is 9.69 Å². The van der Waals surface area contributed by atoms with Gasteiger partial charge in [0.2, 0.25) is 0 Å². The summed E-state index contributed by atoms with van der Waals surface area (Å²) in [4.78, 5) is 11.8. The average molecular weight is 258 g/mol. The van der Waals surface area contributed by atoms with Crippen molar-refractivity contribution >= 4 is 29.2 Å². The molecule has 1 aliphatic heterocycles. The molecule has 6 heteroatoms. The number of carbonyl (C=O) groups is 1. The Morgan fingerprint density at radius 2 is 2.56 bits per heavy atom. The van der Waals surface area contributed by atoms with Gasteiger partial charge in [-0.05, 0) is 30.6 Å². The van der Waals surface area contributed by atoms with Gasteiger partial charge < -0.3 is 10.4 Å². The van der Waals surface area contributed by atoms with Gasteiger partial charge in [-0.25, -0.2) is 0 Å². The van der Waals surface area contributed by atoms with Gasteiger partial charge in [-0.2, -0.15) is 16.1 Å². The second-order valence-electron chi connectivity index (χ2n) is 4.02. The summed E-state index contributed by atoms with van der Waals surface area (Å²) in [6.45, 7) is 2.14. The number of hydrogen-bond acceptors (Lipinski definition) is 5. The highest BCUT2D eigenvalue weighted by Gasteiger charge is 2.32. The molecule has 2 rings (SSSR count). The van der Waals surface area contributed by atoms with Crippen molar-refractivity contribution in [1.29, 1.82) is 0 Å². The predicted octanol–water partition coefficient (Wildman–Crippen LogP) is 1.05. The molecule has 1 aromatic heterocycles. The largest absolute Gasteiger partial charge is 0.387 e. The normalized spacial score (nSPS) is 24.6. The topological polar surface area (TPSA) is 62.2 Å². The smallest absolute Gasteiger partial charge is 0.254 e. The molecule has 2 N–H and O–H groups in total. The van der Waals surface area contributed by atoms with Crippen LogP contribution >= 0.6 is 23.3 Å². The van der Waals surface area contributed by atoms with E-state index in [4.69, 9.17) is 0 Å². The molecule has 1 amide bonds. The van der Waals surface area contributed by atoms with E-state index in [1.165, 1.54) is 11.5 Å². The van der Waals surface area contributed by atoms with Crippen molar-refractivity contribution in [2.75, 3.05) is 18.1 Å². The highest BCUT2D eigenvalue weighted by molar-refractivity contribution is 7.99. The minimum atomic E-state index is -0.725. The summed E-state index contributed by atoms with van der Waals surface area (Å²) < 4.78 is 4.05. The number of carbonyl (C=O) groups excluding carboxylic acids is 1. The zero-order chi connectivity index (χ0) is 11.6. The number of aliphatic hydroxyl groups is 1. The van der Waals surface area contributed by atoms with E-state index in [9.17, 15) is 9.90 Å². The van der Waals surface area contributed by atoms with E-state index in [1.54, 1.807) is 17.1 Å². The van der Waals surface area contributed by atoms with Gasteiger partial charge in [0.15, 0.2) is 0 Å². The Hall–Kier alpha value is -0.590. The standard InChI is InChI=1S/C10H14N2O2S2/c1-7-8(4-16-12-7)9(13)11-5-10(14)2-3-15-6-10/h4,14H,2-3,5-6H2,1H3,(H,11,13). The van der Waals surface area contributed by atoms with Crippen molar-refractivity contribution < 1.29 is 9.90 Å². The maximum Gasteiger partial charge on any atom is 0.254 e. The van der Waals surface area contributed by atoms with Gasteiger partial charge in [-0.15, -0.1) is 0 Å². The van der Waals surface area contributed by atoms with Crippen LogP contribution in [0.1, 0.15) is 22.5 Å². The van der Waals surface area contributed by atoms with E-state index in [2.05, 4.69) is 9.69 Å². The third-order valence-electron chi connectivity index (χ3n) is 2.66. The monoisotopic (exact) mass is 258 g/mol. The summed E-state index contributed by atoms with van der Waals surface area (Å²) in [6.07, 6.45) is 0.749. The summed E-state index contributed by atoms with van der Waals surface area (Å²) in [5.74, 6) is 1.52. The van der Waals surface area contributed by atoms with Crippen molar-refractivity contribution in [3.63, 3.8) is 0 Å². The zero-order valence-corrected chi connectivity index (χ0v) is 10.7. The van der Waals surface area contributed by atoms with Gasteiger partial charge in [-0.1, -0.05) is 0 Å². The Labute approximate surface area is 103 Å². The van der Waals surface area contributed by atoms with Crippen LogP contribution in [0.15, 0.2) is 5.38 Å². The van der Waals surface area contributed by atoms with Crippen molar-refractivity contribution in [3.05, 3.63) is 16.6 Å². The van der Waals surface area contributed by atoms with Crippen LogP contribution in [0.25, 0.3) is 0 Å². The molecule has 0 spiro atoms. The molecular weight excluding hydrogens is 244 g/mol. The Balaban J connectivity index is 1.91. The van der Waals surface area contributed by atoms with Crippen molar-refractivity contribution in [3.8, 4) is 0 Å². The second kappa shape index (κ2) is 4.73. The minimum absolute atomic E-state index is 0.142. The van der Waals surface area contributed by atoms with E-state index in [0.29, 0.717) is 17.9 Å². The molecule has 1 atom stereocenters. The van der Waals surface area contributed by atoms with Gasteiger partial charge in [0.1, 0.15) is 0 Å². The number of nitrogens with zero attached hydrogens (tertiary/aromatic N) is 1. The molecule has 4 nitrogen and oxygen atoms in total. The lowest BCUT2D eigenvalue weighted by molar-refractivity contribution is 0.0612. The van der Waals surface area contributed by atoms with Crippen LogP contribution in [0.3, 0.4) is 0 Å². The maximum absolute atomic E-state index is 11.8. The van der Waals surface area contributed by atoms with Gasteiger partial charge in [0, 0.05) is 17.7 Å². The van der Waals surface area contributed by atoms with Crippen molar-refractivity contribution in [2.24, 2.45) is 0 Å². The zero-order valence-electron chi connectivity index (χ0n) is 9.02. The fourth-order valence-electron chi connectivity index (χ4n) is 1.59. The molecule has 0 radical (unpaired) electrons. The highest BCUT2D eigenvalue weighted by atomic mass is 32.2. The lowest BCUT2D eigenvalue weighted by Crippen LogP contribution is -2.43. The average Bonchev–Trinajstić information content (AvgIpc) is 2.85. The van der Waals surface area contributed by atoms with Crippen LogP contribution in [-0.2, 0) is 0 Å². The van der Waals surface area contributed by atoms with Gasteiger partial charge in [-0.3, -0.25) is 4.79 Å². The highest BCUT2D eigenvalue weighted by Crippen LogP contribution is 2.27. The van der Waals surface area contributed by atoms with Crippen LogP contribution in [0.2, 0.25) is 0 Å². The molecule has 2 heterocycles. The van der Waals surface area contributed by atoms with E-state index < -0.39 is 5.60 Å². The van der Waals surface area contributed by atoms with E-state index in [1.807, 2.05) is 6.92 Å². The van der Waals surface area contributed by atoms with E-state index >= 15 is 0 Å². The fourth-order valence-corrected chi connectivity index (χ4v) is 3.57. The lowest BCUT2D eigenvalue weighted by atomic mass is 10.0. The summed E-state index contributed by atoms with van der Waals surface area (Å²) in [6, 6.07) is 0. The summed E-state index contributed by atoms with van der Waals surface area (Å²) in [7, 11) is 0. The summed E-state index contributed by atoms with van der Waals surface area (Å²) >= 11 is 3.00. The molecule has 1 aromatic rings. The molecule has 0 aromatic carbocycles. The number of aryl methyl sites for hydroxylation is 1. The van der Waals surface area contributed by atoms with Crippen LogP contribution in [0.4, 0.5) is 0 Å². The third kappa shape index (κ3) is 2.56. The first-order valence-corrected chi connectivity index (χ1v) is 7.09. The van der Waals surface area contributed by atoms with Gasteiger partial charge in [0.25, 0.3) is 5.91 Å². The summed E-state index contributed by atoms with van der Waals surface area (Å²) in [5.41, 5.74) is 0.632. The molecule has 88 valence electrons. The second-order valence-corrected chi connectivity index (χ2v) is 5.76. The molecular formula is C10H14N2O2S2. The van der Waals surface area contributed by atoms with E-state index in [0.717, 1.165) is 17.9 Å². The molecule has 0 bridgehead atoms. The minimum Gasteiger partial charge on any atom is -0.387 e.